The van der Waals surface area contributed by atoms with E-state index < -0.39 is 0 Å². The summed E-state index contributed by atoms with van der Waals surface area (Å²) in [7, 11) is 1.75. The molecule has 98 valence electrons. The zero-order chi connectivity index (χ0) is 12.2. The van der Waals surface area contributed by atoms with Gasteiger partial charge in [0, 0.05) is 38.7 Å². The van der Waals surface area contributed by atoms with Crippen LogP contribution in [0.1, 0.15) is 26.7 Å². The smallest absolute Gasteiger partial charge is 0.0477 e. The number of hydrogen-bond donors (Lipinski definition) is 2. The number of hydrogen-bond acceptors (Lipinski definition) is 4. The lowest BCUT2D eigenvalue weighted by Gasteiger charge is -2.22. The maximum Gasteiger partial charge on any atom is 0.0477 e. The number of ether oxygens (including phenoxy) is 1. The van der Waals surface area contributed by atoms with Crippen LogP contribution in [0.3, 0.4) is 0 Å². The van der Waals surface area contributed by atoms with E-state index in [-0.39, 0.29) is 0 Å². The first-order valence-corrected chi connectivity index (χ1v) is 7.28. The van der Waals surface area contributed by atoms with Gasteiger partial charge in [-0.25, -0.2) is 0 Å². The molecule has 0 radical (unpaired) electrons. The van der Waals surface area contributed by atoms with Crippen molar-refractivity contribution < 1.29 is 9.84 Å². The highest BCUT2D eigenvalue weighted by molar-refractivity contribution is 7.99. The molecular weight excluding hydrogens is 222 g/mol. The van der Waals surface area contributed by atoms with Crippen molar-refractivity contribution in [3.63, 3.8) is 0 Å². The van der Waals surface area contributed by atoms with Crippen molar-refractivity contribution in [3.05, 3.63) is 0 Å². The van der Waals surface area contributed by atoms with Crippen LogP contribution in [0, 0.1) is 5.92 Å². The summed E-state index contributed by atoms with van der Waals surface area (Å²) in [4.78, 5) is 0. The minimum atomic E-state index is 0.308. The van der Waals surface area contributed by atoms with Crippen LogP contribution < -0.4 is 5.32 Å². The number of rotatable bonds is 11. The summed E-state index contributed by atoms with van der Waals surface area (Å²) in [6, 6.07) is 0.554. The Morgan fingerprint density at radius 3 is 2.62 bits per heavy atom. The van der Waals surface area contributed by atoms with E-state index in [0.29, 0.717) is 18.6 Å². The summed E-state index contributed by atoms with van der Waals surface area (Å²) < 4.78 is 5.11. The van der Waals surface area contributed by atoms with Gasteiger partial charge in [0.25, 0.3) is 0 Å². The summed E-state index contributed by atoms with van der Waals surface area (Å²) in [5.41, 5.74) is 0. The molecule has 0 heterocycles. The highest BCUT2D eigenvalue weighted by Gasteiger charge is 2.11. The average Bonchev–Trinajstić information content (AvgIpc) is 2.26. The number of thioether (sulfide) groups is 1. The fourth-order valence-corrected chi connectivity index (χ4v) is 2.30. The molecule has 0 saturated carbocycles. The van der Waals surface area contributed by atoms with E-state index in [0.717, 1.165) is 37.5 Å². The lowest BCUT2D eigenvalue weighted by atomic mass is 10.0. The van der Waals surface area contributed by atoms with Crippen molar-refractivity contribution in [3.8, 4) is 0 Å². The standard InChI is InChI=1S/C12H27NO2S/c1-11(2)12(5-8-15-3)13-6-10-16-9-4-7-14/h11-14H,4-10H2,1-3H3. The third kappa shape index (κ3) is 9.46. The first kappa shape index (κ1) is 16.2. The quantitative estimate of drug-likeness (QED) is 0.548. The zero-order valence-electron chi connectivity index (χ0n) is 10.9. The molecule has 0 aliphatic heterocycles. The van der Waals surface area contributed by atoms with Crippen molar-refractivity contribution in [2.45, 2.75) is 32.7 Å². The second kappa shape index (κ2) is 11.7. The van der Waals surface area contributed by atoms with E-state index in [4.69, 9.17) is 9.84 Å². The predicted molar refractivity (Wildman–Crippen MR) is 72.1 cm³/mol. The largest absolute Gasteiger partial charge is 0.396 e. The molecule has 0 rings (SSSR count). The van der Waals surface area contributed by atoms with Crippen LogP contribution in [-0.2, 0) is 4.74 Å². The Bertz CT molecular complexity index is 145. The molecule has 3 nitrogen and oxygen atoms in total. The molecular formula is C12H27NO2S. The van der Waals surface area contributed by atoms with Crippen molar-refractivity contribution in [2.24, 2.45) is 5.92 Å². The molecule has 0 aromatic heterocycles. The Morgan fingerprint density at radius 2 is 2.06 bits per heavy atom. The van der Waals surface area contributed by atoms with Gasteiger partial charge in [-0.15, -0.1) is 0 Å². The molecule has 0 aromatic rings. The lowest BCUT2D eigenvalue weighted by molar-refractivity contribution is 0.174. The molecule has 0 amide bonds. The number of aliphatic hydroxyl groups is 1. The van der Waals surface area contributed by atoms with Crippen LogP contribution in [0.5, 0.6) is 0 Å². The molecule has 2 N–H and O–H groups in total. The van der Waals surface area contributed by atoms with Gasteiger partial charge in [0.2, 0.25) is 0 Å². The van der Waals surface area contributed by atoms with E-state index in [1.54, 1.807) is 7.11 Å². The Balaban J connectivity index is 3.44. The SMILES string of the molecule is COCCC(NCCSCCCO)C(C)C. The van der Waals surface area contributed by atoms with Gasteiger partial charge in [0.05, 0.1) is 0 Å². The average molecular weight is 249 g/mol. The van der Waals surface area contributed by atoms with Gasteiger partial charge < -0.3 is 15.2 Å². The van der Waals surface area contributed by atoms with E-state index >= 15 is 0 Å². The summed E-state index contributed by atoms with van der Waals surface area (Å²) in [6.45, 7) is 6.66. The predicted octanol–water partition coefficient (Wildman–Crippen LogP) is 1.75. The Labute approximate surface area is 104 Å². The fraction of sp³-hybridized carbons (Fsp3) is 1.00. The first-order valence-electron chi connectivity index (χ1n) is 6.13. The molecule has 1 atom stereocenters. The molecule has 4 heteroatoms. The van der Waals surface area contributed by atoms with Gasteiger partial charge in [-0.3, -0.25) is 0 Å². The fourth-order valence-electron chi connectivity index (χ4n) is 1.50. The topological polar surface area (TPSA) is 41.5 Å². The third-order valence-electron chi connectivity index (χ3n) is 2.54. The first-order chi connectivity index (χ1) is 7.72. The molecule has 0 bridgehead atoms. The summed E-state index contributed by atoms with van der Waals surface area (Å²) in [5.74, 6) is 2.83. The van der Waals surface area contributed by atoms with Crippen molar-refractivity contribution in [1.82, 2.24) is 5.32 Å². The van der Waals surface area contributed by atoms with Gasteiger partial charge in [-0.05, 0) is 24.5 Å². The second-order valence-corrected chi connectivity index (χ2v) is 5.50. The zero-order valence-corrected chi connectivity index (χ0v) is 11.7. The minimum absolute atomic E-state index is 0.308. The molecule has 0 saturated heterocycles. The van der Waals surface area contributed by atoms with Crippen molar-refractivity contribution in [1.29, 1.82) is 0 Å². The molecule has 16 heavy (non-hydrogen) atoms. The molecule has 0 aromatic carbocycles. The molecule has 1 unspecified atom stereocenters. The number of aliphatic hydroxyl groups excluding tert-OH is 1. The summed E-state index contributed by atoms with van der Waals surface area (Å²) in [5, 5.41) is 12.2. The Morgan fingerprint density at radius 1 is 1.31 bits per heavy atom. The van der Waals surface area contributed by atoms with Gasteiger partial charge in [-0.1, -0.05) is 13.8 Å². The molecule has 0 aliphatic rings. The summed E-state index contributed by atoms with van der Waals surface area (Å²) in [6.07, 6.45) is 1.98. The highest BCUT2D eigenvalue weighted by atomic mass is 32.2. The van der Waals surface area contributed by atoms with Crippen LogP contribution in [0.2, 0.25) is 0 Å². The van der Waals surface area contributed by atoms with E-state index in [1.165, 1.54) is 0 Å². The van der Waals surface area contributed by atoms with Gasteiger partial charge in [-0.2, -0.15) is 11.8 Å². The van der Waals surface area contributed by atoms with Crippen LogP contribution in [0.25, 0.3) is 0 Å². The lowest BCUT2D eigenvalue weighted by Crippen LogP contribution is -2.36. The molecule has 0 aliphatic carbocycles. The molecule has 0 spiro atoms. The van der Waals surface area contributed by atoms with Gasteiger partial charge in [0.15, 0.2) is 0 Å². The maximum absolute atomic E-state index is 8.64. The van der Waals surface area contributed by atoms with Crippen LogP contribution >= 0.6 is 11.8 Å². The highest BCUT2D eigenvalue weighted by Crippen LogP contribution is 2.07. The monoisotopic (exact) mass is 249 g/mol. The van der Waals surface area contributed by atoms with E-state index in [9.17, 15) is 0 Å². The van der Waals surface area contributed by atoms with Crippen molar-refractivity contribution >= 4 is 11.8 Å². The third-order valence-corrected chi connectivity index (χ3v) is 3.61. The normalized spacial score (nSPS) is 13.3. The van der Waals surface area contributed by atoms with Gasteiger partial charge in [0.1, 0.15) is 0 Å². The Kier molecular flexibility index (Phi) is 11.9. The summed E-state index contributed by atoms with van der Waals surface area (Å²) >= 11 is 1.90. The number of nitrogens with one attached hydrogen (secondary N) is 1. The van der Waals surface area contributed by atoms with E-state index in [1.807, 2.05) is 11.8 Å². The van der Waals surface area contributed by atoms with E-state index in [2.05, 4.69) is 19.2 Å². The number of methoxy groups -OCH3 is 1. The van der Waals surface area contributed by atoms with Crippen LogP contribution in [0.15, 0.2) is 0 Å². The molecule has 0 fully saturated rings. The maximum atomic E-state index is 8.64. The van der Waals surface area contributed by atoms with Crippen LogP contribution in [0.4, 0.5) is 0 Å². The second-order valence-electron chi connectivity index (χ2n) is 4.28. The van der Waals surface area contributed by atoms with Gasteiger partial charge >= 0.3 is 0 Å². The van der Waals surface area contributed by atoms with Crippen molar-refractivity contribution in [2.75, 3.05) is 38.4 Å². The Hall–Kier alpha value is 0.230. The minimum Gasteiger partial charge on any atom is -0.396 e. The van der Waals surface area contributed by atoms with Crippen LogP contribution in [-0.4, -0.2) is 49.5 Å².